The zero-order chi connectivity index (χ0) is 14.7. The molecule has 1 saturated heterocycles. The van der Waals surface area contributed by atoms with Crippen LogP contribution in [0.5, 0.6) is 0 Å². The Kier molecular flexibility index (Phi) is 4.39. The standard InChI is InChI=1S/C15H19NO4/c1-3-13-9-20-5-4-16(13)14(17)11-6-10(2)7-12(8-11)15(18)19/h6-8,13H,3-5,9H2,1-2H3,(H,18,19). The van der Waals surface area contributed by atoms with Gasteiger partial charge >= 0.3 is 5.97 Å². The number of hydrogen-bond acceptors (Lipinski definition) is 3. The third-order valence-corrected chi connectivity index (χ3v) is 3.53. The molecule has 20 heavy (non-hydrogen) atoms. The SMILES string of the molecule is CCC1COCCN1C(=O)c1cc(C)cc(C(=O)O)c1. The monoisotopic (exact) mass is 277 g/mol. The van der Waals surface area contributed by atoms with Gasteiger partial charge in [0, 0.05) is 12.1 Å². The number of carboxylic acids is 1. The fourth-order valence-corrected chi connectivity index (χ4v) is 2.46. The molecule has 1 fully saturated rings. The molecule has 0 aromatic heterocycles. The van der Waals surface area contributed by atoms with Gasteiger partial charge in [0.2, 0.25) is 0 Å². The predicted molar refractivity (Wildman–Crippen MR) is 74.1 cm³/mol. The average Bonchev–Trinajstić information content (AvgIpc) is 2.45. The van der Waals surface area contributed by atoms with Crippen LogP contribution in [-0.4, -0.2) is 47.7 Å². The van der Waals surface area contributed by atoms with Crippen LogP contribution in [0.1, 0.15) is 39.6 Å². The molecule has 1 unspecified atom stereocenters. The molecule has 1 aromatic rings. The number of benzene rings is 1. The van der Waals surface area contributed by atoms with Gasteiger partial charge in [0.05, 0.1) is 24.8 Å². The molecule has 1 aliphatic heterocycles. The van der Waals surface area contributed by atoms with Gasteiger partial charge in [-0.2, -0.15) is 0 Å². The van der Waals surface area contributed by atoms with Crippen molar-refractivity contribution in [2.45, 2.75) is 26.3 Å². The largest absolute Gasteiger partial charge is 0.478 e. The highest BCUT2D eigenvalue weighted by Crippen LogP contribution is 2.17. The van der Waals surface area contributed by atoms with Crippen molar-refractivity contribution in [3.63, 3.8) is 0 Å². The van der Waals surface area contributed by atoms with Crippen molar-refractivity contribution in [2.24, 2.45) is 0 Å². The first-order valence-corrected chi connectivity index (χ1v) is 6.76. The molecule has 0 spiro atoms. The number of carbonyl (C=O) groups excluding carboxylic acids is 1. The van der Waals surface area contributed by atoms with Crippen LogP contribution in [0.2, 0.25) is 0 Å². The number of carbonyl (C=O) groups is 2. The van der Waals surface area contributed by atoms with Crippen molar-refractivity contribution in [2.75, 3.05) is 19.8 Å². The van der Waals surface area contributed by atoms with Gasteiger partial charge in [-0.25, -0.2) is 4.79 Å². The molecular weight excluding hydrogens is 258 g/mol. The third kappa shape index (κ3) is 2.99. The topological polar surface area (TPSA) is 66.8 Å². The van der Waals surface area contributed by atoms with Crippen molar-refractivity contribution in [1.29, 1.82) is 0 Å². The Labute approximate surface area is 118 Å². The molecule has 5 heteroatoms. The molecule has 1 N–H and O–H groups in total. The number of nitrogens with zero attached hydrogens (tertiary/aromatic N) is 1. The van der Waals surface area contributed by atoms with Gasteiger partial charge in [0.25, 0.3) is 5.91 Å². The number of aromatic carboxylic acids is 1. The fraction of sp³-hybridized carbons (Fsp3) is 0.467. The summed E-state index contributed by atoms with van der Waals surface area (Å²) < 4.78 is 5.39. The Hall–Kier alpha value is -1.88. The van der Waals surface area contributed by atoms with Crippen LogP contribution in [-0.2, 0) is 4.74 Å². The lowest BCUT2D eigenvalue weighted by Crippen LogP contribution is -2.48. The zero-order valence-electron chi connectivity index (χ0n) is 11.8. The second-order valence-electron chi connectivity index (χ2n) is 5.03. The maximum absolute atomic E-state index is 12.6. The van der Waals surface area contributed by atoms with Crippen molar-refractivity contribution in [3.8, 4) is 0 Å². The second kappa shape index (κ2) is 6.05. The zero-order valence-corrected chi connectivity index (χ0v) is 11.8. The summed E-state index contributed by atoms with van der Waals surface area (Å²) >= 11 is 0. The highest BCUT2D eigenvalue weighted by Gasteiger charge is 2.27. The maximum Gasteiger partial charge on any atom is 0.335 e. The minimum absolute atomic E-state index is 0.0602. The molecule has 0 radical (unpaired) electrons. The van der Waals surface area contributed by atoms with Crippen molar-refractivity contribution < 1.29 is 19.4 Å². The highest BCUT2D eigenvalue weighted by atomic mass is 16.5. The van der Waals surface area contributed by atoms with Crippen molar-refractivity contribution in [3.05, 3.63) is 34.9 Å². The van der Waals surface area contributed by atoms with E-state index in [0.717, 1.165) is 12.0 Å². The minimum Gasteiger partial charge on any atom is -0.478 e. The van der Waals surface area contributed by atoms with Gasteiger partial charge in [-0.15, -0.1) is 0 Å². The van der Waals surface area contributed by atoms with Crippen molar-refractivity contribution in [1.82, 2.24) is 4.90 Å². The molecule has 1 heterocycles. The summed E-state index contributed by atoms with van der Waals surface area (Å²) in [6.45, 7) is 5.42. The molecule has 108 valence electrons. The highest BCUT2D eigenvalue weighted by molar-refractivity contribution is 5.98. The maximum atomic E-state index is 12.6. The Morgan fingerprint density at radius 1 is 1.35 bits per heavy atom. The van der Waals surface area contributed by atoms with Crippen LogP contribution < -0.4 is 0 Å². The van der Waals surface area contributed by atoms with Crippen LogP contribution in [0, 0.1) is 6.92 Å². The average molecular weight is 277 g/mol. The van der Waals surface area contributed by atoms with E-state index < -0.39 is 5.97 Å². The summed E-state index contributed by atoms with van der Waals surface area (Å²) in [4.78, 5) is 25.4. The van der Waals surface area contributed by atoms with E-state index in [1.54, 1.807) is 24.0 Å². The smallest absolute Gasteiger partial charge is 0.335 e. The summed E-state index contributed by atoms with van der Waals surface area (Å²) in [7, 11) is 0. The van der Waals surface area contributed by atoms with E-state index in [1.807, 2.05) is 6.92 Å². The third-order valence-electron chi connectivity index (χ3n) is 3.53. The van der Waals surface area contributed by atoms with Gasteiger partial charge < -0.3 is 14.7 Å². The molecule has 1 aliphatic rings. The van der Waals surface area contributed by atoms with E-state index in [9.17, 15) is 9.59 Å². The van der Waals surface area contributed by atoms with E-state index in [0.29, 0.717) is 25.3 Å². The minimum atomic E-state index is -1.02. The molecule has 1 atom stereocenters. The summed E-state index contributed by atoms with van der Waals surface area (Å²) in [5.74, 6) is -1.14. The van der Waals surface area contributed by atoms with E-state index in [-0.39, 0.29) is 17.5 Å². The lowest BCUT2D eigenvalue weighted by Gasteiger charge is -2.35. The number of rotatable bonds is 3. The molecular formula is C15H19NO4. The molecule has 1 aromatic carbocycles. The molecule has 0 bridgehead atoms. The molecule has 5 nitrogen and oxygen atoms in total. The first kappa shape index (κ1) is 14.5. The molecule has 1 amide bonds. The predicted octanol–water partition coefficient (Wildman–Crippen LogP) is 1.94. The van der Waals surface area contributed by atoms with Gasteiger partial charge in [-0.3, -0.25) is 4.79 Å². The normalized spacial score (nSPS) is 18.9. The summed E-state index contributed by atoms with van der Waals surface area (Å²) in [5.41, 5.74) is 1.35. The first-order valence-electron chi connectivity index (χ1n) is 6.76. The fourth-order valence-electron chi connectivity index (χ4n) is 2.46. The van der Waals surface area contributed by atoms with E-state index >= 15 is 0 Å². The van der Waals surface area contributed by atoms with Crippen molar-refractivity contribution >= 4 is 11.9 Å². The lowest BCUT2D eigenvalue weighted by atomic mass is 10.0. The molecule has 0 saturated carbocycles. The first-order chi connectivity index (χ1) is 9.52. The lowest BCUT2D eigenvalue weighted by molar-refractivity contribution is -0.00280. The number of ether oxygens (including phenoxy) is 1. The number of morpholine rings is 1. The number of carboxylic acid groups (broad SMARTS) is 1. The van der Waals surface area contributed by atoms with Gasteiger partial charge in [0.1, 0.15) is 0 Å². The molecule has 2 rings (SSSR count). The van der Waals surface area contributed by atoms with Crippen LogP contribution >= 0.6 is 0 Å². The Bertz CT molecular complexity index is 527. The molecule has 0 aliphatic carbocycles. The van der Waals surface area contributed by atoms with E-state index in [4.69, 9.17) is 9.84 Å². The van der Waals surface area contributed by atoms with Gasteiger partial charge in [-0.05, 0) is 37.1 Å². The number of amides is 1. The van der Waals surface area contributed by atoms with E-state index in [2.05, 4.69) is 0 Å². The summed E-state index contributed by atoms with van der Waals surface area (Å²) in [6.07, 6.45) is 0.823. The Morgan fingerprint density at radius 2 is 2.05 bits per heavy atom. The van der Waals surface area contributed by atoms with Gasteiger partial charge in [-0.1, -0.05) is 6.92 Å². The van der Waals surface area contributed by atoms with Crippen LogP contribution in [0.3, 0.4) is 0 Å². The second-order valence-corrected chi connectivity index (χ2v) is 5.03. The Morgan fingerprint density at radius 3 is 2.70 bits per heavy atom. The number of aryl methyl sites for hydroxylation is 1. The summed E-state index contributed by atoms with van der Waals surface area (Å²) in [5, 5.41) is 9.08. The van der Waals surface area contributed by atoms with Crippen LogP contribution in [0.25, 0.3) is 0 Å². The quantitative estimate of drug-likeness (QED) is 0.917. The van der Waals surface area contributed by atoms with E-state index in [1.165, 1.54) is 6.07 Å². The Balaban J connectivity index is 2.30. The van der Waals surface area contributed by atoms with Crippen LogP contribution in [0.15, 0.2) is 18.2 Å². The van der Waals surface area contributed by atoms with Crippen LogP contribution in [0.4, 0.5) is 0 Å². The summed E-state index contributed by atoms with van der Waals surface area (Å²) in [6, 6.07) is 4.80. The number of hydrogen-bond donors (Lipinski definition) is 1. The van der Waals surface area contributed by atoms with Gasteiger partial charge in [0.15, 0.2) is 0 Å².